The maximum Gasteiger partial charge on any atom is 0.241 e. The second-order valence-electron chi connectivity index (χ2n) is 5.41. The van der Waals surface area contributed by atoms with E-state index in [0.29, 0.717) is 9.37 Å². The van der Waals surface area contributed by atoms with E-state index in [2.05, 4.69) is 20.7 Å². The highest BCUT2D eigenvalue weighted by molar-refractivity contribution is 9.10. The average molecular weight is 366 g/mol. The zero-order valence-corrected chi connectivity index (χ0v) is 14.0. The van der Waals surface area contributed by atoms with Crippen molar-refractivity contribution in [1.29, 1.82) is 0 Å². The van der Waals surface area contributed by atoms with Gasteiger partial charge < -0.3 is 0 Å². The van der Waals surface area contributed by atoms with E-state index in [1.807, 2.05) is 43.3 Å². The lowest BCUT2D eigenvalue weighted by atomic mass is 10.1. The Balaban J connectivity index is 1.76. The number of nitrogens with one attached hydrogen (secondary N) is 1. The van der Waals surface area contributed by atoms with Gasteiger partial charge in [0, 0.05) is 16.4 Å². The molecule has 110 valence electrons. The monoisotopic (exact) mass is 365 g/mol. The quantitative estimate of drug-likeness (QED) is 0.899. The van der Waals surface area contributed by atoms with Gasteiger partial charge in [0.15, 0.2) is 0 Å². The fourth-order valence-electron chi connectivity index (χ4n) is 2.48. The third-order valence-electron chi connectivity index (χ3n) is 3.70. The number of aryl methyl sites for hydroxylation is 1. The first-order valence-electron chi connectivity index (χ1n) is 6.81. The van der Waals surface area contributed by atoms with Gasteiger partial charge >= 0.3 is 0 Å². The lowest BCUT2D eigenvalue weighted by molar-refractivity contribution is 0.579. The lowest BCUT2D eigenvalue weighted by Gasteiger charge is -2.09. The van der Waals surface area contributed by atoms with Crippen molar-refractivity contribution < 1.29 is 8.42 Å². The van der Waals surface area contributed by atoms with Crippen LogP contribution in [0.5, 0.6) is 0 Å². The Hall–Kier alpha value is -1.17. The molecule has 1 aliphatic carbocycles. The molecule has 1 N–H and O–H groups in total. The largest absolute Gasteiger partial charge is 0.241 e. The van der Waals surface area contributed by atoms with E-state index < -0.39 is 10.0 Å². The highest BCUT2D eigenvalue weighted by Crippen LogP contribution is 2.41. The van der Waals surface area contributed by atoms with Crippen molar-refractivity contribution in [3.63, 3.8) is 0 Å². The summed E-state index contributed by atoms with van der Waals surface area (Å²) in [5.74, 6) is 0.283. The van der Waals surface area contributed by atoms with Crippen molar-refractivity contribution in [2.45, 2.75) is 30.2 Å². The molecule has 0 aliphatic heterocycles. The normalized spacial score (nSPS) is 21.2. The number of hydrogen-bond acceptors (Lipinski definition) is 2. The van der Waals surface area contributed by atoms with Crippen LogP contribution < -0.4 is 4.72 Å². The SMILES string of the molecule is Cc1ccc(S(=O)(=O)NC2CC2c2ccccc2)c(Br)c1. The molecule has 0 aromatic heterocycles. The van der Waals surface area contributed by atoms with E-state index in [1.165, 1.54) is 5.56 Å². The zero-order valence-electron chi connectivity index (χ0n) is 11.6. The van der Waals surface area contributed by atoms with Crippen LogP contribution in [0, 0.1) is 6.92 Å². The molecule has 1 saturated carbocycles. The maximum absolute atomic E-state index is 12.5. The van der Waals surface area contributed by atoms with Gasteiger partial charge in [-0.05, 0) is 52.5 Å². The zero-order chi connectivity index (χ0) is 15.0. The Morgan fingerprint density at radius 3 is 2.52 bits per heavy atom. The Bertz CT molecular complexity index is 759. The summed E-state index contributed by atoms with van der Waals surface area (Å²) >= 11 is 3.33. The molecule has 0 amide bonds. The van der Waals surface area contributed by atoms with Crippen LogP contribution in [0.15, 0.2) is 57.9 Å². The van der Waals surface area contributed by atoms with Crippen molar-refractivity contribution in [3.8, 4) is 0 Å². The first-order chi connectivity index (χ1) is 9.97. The van der Waals surface area contributed by atoms with Gasteiger partial charge in [-0.25, -0.2) is 13.1 Å². The van der Waals surface area contributed by atoms with Gasteiger partial charge in [-0.2, -0.15) is 0 Å². The summed E-state index contributed by atoms with van der Waals surface area (Å²) in [7, 11) is -3.48. The smallest absolute Gasteiger partial charge is 0.207 e. The van der Waals surface area contributed by atoms with Crippen molar-refractivity contribution in [2.24, 2.45) is 0 Å². The second kappa shape index (κ2) is 5.55. The topological polar surface area (TPSA) is 46.2 Å². The molecule has 2 aromatic carbocycles. The Morgan fingerprint density at radius 2 is 1.86 bits per heavy atom. The minimum Gasteiger partial charge on any atom is -0.207 e. The van der Waals surface area contributed by atoms with E-state index in [-0.39, 0.29) is 12.0 Å². The number of sulfonamides is 1. The molecule has 0 radical (unpaired) electrons. The maximum atomic E-state index is 12.5. The highest BCUT2D eigenvalue weighted by Gasteiger charge is 2.41. The predicted molar refractivity (Wildman–Crippen MR) is 86.8 cm³/mol. The van der Waals surface area contributed by atoms with Gasteiger partial charge in [0.2, 0.25) is 10.0 Å². The number of benzene rings is 2. The highest BCUT2D eigenvalue weighted by atomic mass is 79.9. The lowest BCUT2D eigenvalue weighted by Crippen LogP contribution is -2.27. The van der Waals surface area contributed by atoms with Gasteiger partial charge in [0.25, 0.3) is 0 Å². The number of hydrogen-bond donors (Lipinski definition) is 1. The van der Waals surface area contributed by atoms with E-state index in [1.54, 1.807) is 12.1 Å². The van der Waals surface area contributed by atoms with E-state index >= 15 is 0 Å². The molecule has 1 aliphatic rings. The van der Waals surface area contributed by atoms with E-state index in [0.717, 1.165) is 12.0 Å². The van der Waals surface area contributed by atoms with Gasteiger partial charge in [-0.15, -0.1) is 0 Å². The second-order valence-corrected chi connectivity index (χ2v) is 7.95. The first-order valence-corrected chi connectivity index (χ1v) is 9.08. The molecule has 3 nitrogen and oxygen atoms in total. The molecule has 0 saturated heterocycles. The molecular weight excluding hydrogens is 350 g/mol. The van der Waals surface area contributed by atoms with Crippen LogP contribution in [0.2, 0.25) is 0 Å². The molecule has 0 spiro atoms. The van der Waals surface area contributed by atoms with Crippen LogP contribution in [-0.2, 0) is 10.0 Å². The van der Waals surface area contributed by atoms with E-state index in [9.17, 15) is 8.42 Å². The molecule has 0 bridgehead atoms. The van der Waals surface area contributed by atoms with Gasteiger partial charge in [-0.3, -0.25) is 0 Å². The summed E-state index contributed by atoms with van der Waals surface area (Å²) in [5.41, 5.74) is 2.21. The van der Waals surface area contributed by atoms with Crippen LogP contribution in [0.1, 0.15) is 23.5 Å². The molecule has 0 heterocycles. The molecule has 2 unspecified atom stereocenters. The summed E-state index contributed by atoms with van der Waals surface area (Å²) in [6, 6.07) is 15.3. The summed E-state index contributed by atoms with van der Waals surface area (Å²) in [4.78, 5) is 0.298. The van der Waals surface area contributed by atoms with Crippen LogP contribution in [0.4, 0.5) is 0 Å². The van der Waals surface area contributed by atoms with Gasteiger partial charge in [0.1, 0.15) is 0 Å². The van der Waals surface area contributed by atoms with Crippen molar-refractivity contribution in [2.75, 3.05) is 0 Å². The molecule has 3 rings (SSSR count). The van der Waals surface area contributed by atoms with Crippen molar-refractivity contribution in [1.82, 2.24) is 4.72 Å². The van der Waals surface area contributed by atoms with Crippen LogP contribution >= 0.6 is 15.9 Å². The summed E-state index contributed by atoms with van der Waals surface area (Å²) < 4.78 is 28.3. The fraction of sp³-hybridized carbons (Fsp3) is 0.250. The Kier molecular flexibility index (Phi) is 3.90. The number of rotatable bonds is 4. The number of halogens is 1. The summed E-state index contributed by atoms with van der Waals surface area (Å²) in [6.45, 7) is 1.93. The summed E-state index contributed by atoms with van der Waals surface area (Å²) in [6.07, 6.45) is 0.854. The minimum atomic E-state index is -3.48. The van der Waals surface area contributed by atoms with Crippen molar-refractivity contribution in [3.05, 3.63) is 64.1 Å². The van der Waals surface area contributed by atoms with Gasteiger partial charge in [-0.1, -0.05) is 36.4 Å². The molecule has 21 heavy (non-hydrogen) atoms. The van der Waals surface area contributed by atoms with E-state index in [4.69, 9.17) is 0 Å². The third kappa shape index (κ3) is 3.20. The Morgan fingerprint density at radius 1 is 1.14 bits per heavy atom. The average Bonchev–Trinajstić information content (AvgIpc) is 3.17. The third-order valence-corrected chi connectivity index (χ3v) is 6.17. The predicted octanol–water partition coefficient (Wildman–Crippen LogP) is 3.59. The standard InChI is InChI=1S/C16H16BrNO2S/c1-11-7-8-16(14(17)9-11)21(19,20)18-15-10-13(15)12-5-3-2-4-6-12/h2-9,13,15,18H,10H2,1H3. The molecular formula is C16H16BrNO2S. The molecule has 2 atom stereocenters. The van der Waals surface area contributed by atoms with Crippen molar-refractivity contribution >= 4 is 26.0 Å². The fourth-order valence-corrected chi connectivity index (χ4v) is 4.96. The summed E-state index contributed by atoms with van der Waals surface area (Å²) in [5, 5.41) is 0. The molecule has 5 heteroatoms. The van der Waals surface area contributed by atoms with Gasteiger partial charge in [0.05, 0.1) is 4.90 Å². The minimum absolute atomic E-state index is 0.00870. The van der Waals surface area contributed by atoms with Crippen LogP contribution in [0.25, 0.3) is 0 Å². The molecule has 2 aromatic rings. The Labute approximate surface area is 133 Å². The molecule has 1 fully saturated rings. The first kappa shape index (κ1) is 14.8. The van der Waals surface area contributed by atoms with Crippen LogP contribution in [0.3, 0.4) is 0 Å². The van der Waals surface area contributed by atoms with Crippen LogP contribution in [-0.4, -0.2) is 14.5 Å².